The first-order valence-corrected chi connectivity index (χ1v) is 5.33. The van der Waals surface area contributed by atoms with E-state index in [1.54, 1.807) is 30.3 Å². The molecule has 0 spiro atoms. The number of rotatable bonds is 3. The highest BCUT2D eigenvalue weighted by atomic mass is 16.3. The van der Waals surface area contributed by atoms with E-state index >= 15 is 0 Å². The van der Waals surface area contributed by atoms with Crippen LogP contribution in [0.2, 0.25) is 0 Å². The van der Waals surface area contributed by atoms with Crippen LogP contribution in [-0.2, 0) is 0 Å². The molecule has 5 nitrogen and oxygen atoms in total. The summed E-state index contributed by atoms with van der Waals surface area (Å²) in [6.45, 7) is 1.45. The molecule has 5 heteroatoms. The highest BCUT2D eigenvalue weighted by molar-refractivity contribution is 6.05. The molecule has 0 bridgehead atoms. The van der Waals surface area contributed by atoms with Crippen molar-refractivity contribution in [3.05, 3.63) is 47.9 Å². The second-order valence-corrected chi connectivity index (χ2v) is 3.79. The van der Waals surface area contributed by atoms with Crippen molar-refractivity contribution in [1.29, 1.82) is 0 Å². The number of benzene rings is 1. The van der Waals surface area contributed by atoms with E-state index in [-0.39, 0.29) is 11.5 Å². The average Bonchev–Trinajstić information content (AvgIpc) is 2.85. The van der Waals surface area contributed by atoms with Crippen LogP contribution in [0, 0.1) is 0 Å². The zero-order valence-corrected chi connectivity index (χ0v) is 9.77. The minimum Gasteiger partial charge on any atom is -0.459 e. The molecule has 0 unspecified atom stereocenters. The zero-order chi connectivity index (χ0) is 13.1. The second-order valence-electron chi connectivity index (χ2n) is 3.79. The van der Waals surface area contributed by atoms with Gasteiger partial charge in [-0.3, -0.25) is 9.59 Å². The molecule has 1 amide bonds. The van der Waals surface area contributed by atoms with Crippen LogP contribution in [0.3, 0.4) is 0 Å². The Bertz CT molecular complexity index is 588. The Labute approximate surface area is 104 Å². The predicted molar refractivity (Wildman–Crippen MR) is 67.5 cm³/mol. The maximum absolute atomic E-state index is 11.8. The number of nitrogen functional groups attached to an aromatic ring is 1. The number of anilines is 2. The quantitative estimate of drug-likeness (QED) is 0.640. The van der Waals surface area contributed by atoms with Crippen molar-refractivity contribution in [1.82, 2.24) is 0 Å². The van der Waals surface area contributed by atoms with Gasteiger partial charge in [0.2, 0.25) is 0 Å². The fraction of sp³-hybridized carbons (Fsp3) is 0.0769. The fourth-order valence-corrected chi connectivity index (χ4v) is 1.48. The van der Waals surface area contributed by atoms with Crippen LogP contribution in [0.1, 0.15) is 27.8 Å². The first kappa shape index (κ1) is 11.9. The van der Waals surface area contributed by atoms with Gasteiger partial charge in [-0.2, -0.15) is 0 Å². The Balaban J connectivity index is 2.26. The van der Waals surface area contributed by atoms with Crippen molar-refractivity contribution in [2.45, 2.75) is 6.92 Å². The highest BCUT2D eigenvalue weighted by Crippen LogP contribution is 2.21. The highest BCUT2D eigenvalue weighted by Gasteiger charge is 2.11. The van der Waals surface area contributed by atoms with Gasteiger partial charge in [0, 0.05) is 5.56 Å². The van der Waals surface area contributed by atoms with Crippen LogP contribution in [0.25, 0.3) is 0 Å². The average molecular weight is 244 g/mol. The number of carbonyl (C=O) groups excluding carboxylic acids is 2. The molecule has 1 aromatic heterocycles. The van der Waals surface area contributed by atoms with E-state index in [1.165, 1.54) is 13.2 Å². The van der Waals surface area contributed by atoms with Crippen LogP contribution in [0.15, 0.2) is 41.0 Å². The van der Waals surface area contributed by atoms with Gasteiger partial charge in [0.1, 0.15) is 0 Å². The minimum absolute atomic E-state index is 0.0940. The number of carbonyl (C=O) groups is 2. The summed E-state index contributed by atoms with van der Waals surface area (Å²) in [6, 6.07) is 7.89. The van der Waals surface area contributed by atoms with E-state index in [0.717, 1.165) is 0 Å². The van der Waals surface area contributed by atoms with Gasteiger partial charge in [-0.15, -0.1) is 0 Å². The number of furan rings is 1. The van der Waals surface area contributed by atoms with Crippen molar-refractivity contribution in [3.63, 3.8) is 0 Å². The Hall–Kier alpha value is -2.56. The summed E-state index contributed by atoms with van der Waals surface area (Å²) in [5, 5.41) is 2.60. The number of ketones is 1. The lowest BCUT2D eigenvalue weighted by Crippen LogP contribution is -2.13. The molecule has 0 aliphatic heterocycles. The molecule has 0 saturated carbocycles. The summed E-state index contributed by atoms with van der Waals surface area (Å²) in [4.78, 5) is 23.0. The Morgan fingerprint density at radius 1 is 1.28 bits per heavy atom. The first-order valence-electron chi connectivity index (χ1n) is 5.33. The summed E-state index contributed by atoms with van der Waals surface area (Å²) in [5.41, 5.74) is 7.00. The van der Waals surface area contributed by atoms with Crippen molar-refractivity contribution in [2.24, 2.45) is 0 Å². The molecule has 0 aliphatic carbocycles. The molecule has 0 atom stereocenters. The molecule has 0 aliphatic rings. The van der Waals surface area contributed by atoms with Gasteiger partial charge in [0.05, 0.1) is 17.6 Å². The smallest absolute Gasteiger partial charge is 0.291 e. The molecule has 18 heavy (non-hydrogen) atoms. The third-order valence-electron chi connectivity index (χ3n) is 2.45. The van der Waals surface area contributed by atoms with Crippen LogP contribution < -0.4 is 11.1 Å². The fourth-order valence-electron chi connectivity index (χ4n) is 1.48. The maximum Gasteiger partial charge on any atom is 0.291 e. The molecule has 3 N–H and O–H groups in total. The number of Topliss-reactive ketones (excluding diaryl/α,β-unsaturated/α-hetero) is 1. The molecule has 1 heterocycles. The Morgan fingerprint density at radius 2 is 2.06 bits per heavy atom. The molecule has 0 fully saturated rings. The second kappa shape index (κ2) is 4.75. The van der Waals surface area contributed by atoms with Gasteiger partial charge in [-0.1, -0.05) is 0 Å². The van der Waals surface area contributed by atoms with E-state index in [0.29, 0.717) is 16.9 Å². The Kier molecular flexibility index (Phi) is 3.14. The molecule has 0 saturated heterocycles. The lowest BCUT2D eigenvalue weighted by molar-refractivity contribution is 0.0992. The van der Waals surface area contributed by atoms with Crippen LogP contribution >= 0.6 is 0 Å². The lowest BCUT2D eigenvalue weighted by atomic mass is 10.1. The molecule has 0 radical (unpaired) electrons. The van der Waals surface area contributed by atoms with Crippen molar-refractivity contribution < 1.29 is 14.0 Å². The van der Waals surface area contributed by atoms with Crippen LogP contribution in [0.4, 0.5) is 11.4 Å². The normalized spacial score (nSPS) is 10.1. The van der Waals surface area contributed by atoms with Gasteiger partial charge in [-0.05, 0) is 37.3 Å². The third-order valence-corrected chi connectivity index (χ3v) is 2.45. The van der Waals surface area contributed by atoms with Crippen molar-refractivity contribution >= 4 is 23.1 Å². The van der Waals surface area contributed by atoms with Crippen molar-refractivity contribution in [2.75, 3.05) is 11.1 Å². The first-order chi connectivity index (χ1) is 8.58. The largest absolute Gasteiger partial charge is 0.459 e. The van der Waals surface area contributed by atoms with Gasteiger partial charge >= 0.3 is 0 Å². The number of amides is 1. The number of nitrogens with two attached hydrogens (primary N) is 1. The predicted octanol–water partition coefficient (Wildman–Crippen LogP) is 2.32. The molecule has 2 rings (SSSR count). The van der Waals surface area contributed by atoms with Gasteiger partial charge in [-0.25, -0.2) is 0 Å². The van der Waals surface area contributed by atoms with E-state index in [9.17, 15) is 9.59 Å². The molecule has 92 valence electrons. The SMILES string of the molecule is CC(=O)c1ccc(N)c(NC(=O)c2ccco2)c1. The summed E-state index contributed by atoms with van der Waals surface area (Å²) >= 11 is 0. The van der Waals surface area contributed by atoms with Crippen LogP contribution in [0.5, 0.6) is 0 Å². The minimum atomic E-state index is -0.410. The Morgan fingerprint density at radius 3 is 2.67 bits per heavy atom. The molecular weight excluding hydrogens is 232 g/mol. The van der Waals surface area contributed by atoms with Gasteiger partial charge in [0.25, 0.3) is 5.91 Å². The lowest BCUT2D eigenvalue weighted by Gasteiger charge is -2.08. The number of hydrogen-bond acceptors (Lipinski definition) is 4. The third kappa shape index (κ3) is 2.40. The molecule has 1 aromatic carbocycles. The number of hydrogen-bond donors (Lipinski definition) is 2. The van der Waals surface area contributed by atoms with Gasteiger partial charge < -0.3 is 15.5 Å². The van der Waals surface area contributed by atoms with E-state index in [1.807, 2.05) is 0 Å². The molecule has 2 aromatic rings. The summed E-state index contributed by atoms with van der Waals surface area (Å²) in [5.74, 6) is -0.321. The maximum atomic E-state index is 11.8. The summed E-state index contributed by atoms with van der Waals surface area (Å²) in [6.07, 6.45) is 1.41. The van der Waals surface area contributed by atoms with E-state index < -0.39 is 5.91 Å². The molecular formula is C13H12N2O3. The van der Waals surface area contributed by atoms with Crippen LogP contribution in [-0.4, -0.2) is 11.7 Å². The van der Waals surface area contributed by atoms with E-state index in [2.05, 4.69) is 5.32 Å². The topological polar surface area (TPSA) is 85.3 Å². The van der Waals surface area contributed by atoms with Crippen molar-refractivity contribution in [3.8, 4) is 0 Å². The summed E-state index contributed by atoms with van der Waals surface area (Å²) < 4.78 is 4.97. The van der Waals surface area contributed by atoms with E-state index in [4.69, 9.17) is 10.2 Å². The zero-order valence-electron chi connectivity index (χ0n) is 9.77. The standard InChI is InChI=1S/C13H12N2O3/c1-8(16)9-4-5-10(14)11(7-9)15-13(17)12-3-2-6-18-12/h2-7H,14H2,1H3,(H,15,17). The monoisotopic (exact) mass is 244 g/mol. The number of nitrogens with one attached hydrogen (secondary N) is 1. The summed E-state index contributed by atoms with van der Waals surface area (Å²) in [7, 11) is 0. The van der Waals surface area contributed by atoms with Gasteiger partial charge in [0.15, 0.2) is 11.5 Å².